The molecule has 3 heterocycles. The number of nitrogens with two attached hydrogens (primary N) is 1. The molecule has 7 nitrogen and oxygen atoms in total. The van der Waals surface area contributed by atoms with Crippen LogP contribution >= 0.6 is 0 Å². The van der Waals surface area contributed by atoms with E-state index in [1.807, 2.05) is 11.1 Å². The van der Waals surface area contributed by atoms with Gasteiger partial charge >= 0.3 is 0 Å². The van der Waals surface area contributed by atoms with Crippen molar-refractivity contribution in [2.75, 3.05) is 25.0 Å². The van der Waals surface area contributed by atoms with Gasteiger partial charge in [0, 0.05) is 31.7 Å². The van der Waals surface area contributed by atoms with Gasteiger partial charge in [0.05, 0.1) is 12.7 Å². The van der Waals surface area contributed by atoms with Crippen molar-refractivity contribution in [2.45, 2.75) is 25.7 Å². The van der Waals surface area contributed by atoms with E-state index < -0.39 is 0 Å². The van der Waals surface area contributed by atoms with Crippen LogP contribution in [0.2, 0.25) is 0 Å². The molecule has 1 amide bonds. The zero-order valence-corrected chi connectivity index (χ0v) is 14.3. The van der Waals surface area contributed by atoms with Crippen molar-refractivity contribution in [3.63, 3.8) is 0 Å². The first-order valence-electron chi connectivity index (χ1n) is 8.70. The second kappa shape index (κ2) is 8.53. The van der Waals surface area contributed by atoms with Crippen LogP contribution in [0.3, 0.4) is 0 Å². The lowest BCUT2D eigenvalue weighted by Crippen LogP contribution is -2.41. The number of anilines is 2. The lowest BCUT2D eigenvalue weighted by Gasteiger charge is -2.31. The second-order valence-corrected chi connectivity index (χ2v) is 6.33. The Morgan fingerprint density at radius 1 is 1.20 bits per heavy atom. The van der Waals surface area contributed by atoms with Gasteiger partial charge in [-0.1, -0.05) is 0 Å². The highest BCUT2D eigenvalue weighted by molar-refractivity contribution is 5.78. The first kappa shape index (κ1) is 17.3. The molecular formula is C18H24N6O. The van der Waals surface area contributed by atoms with Crippen molar-refractivity contribution >= 4 is 17.5 Å². The summed E-state index contributed by atoms with van der Waals surface area (Å²) in [7, 11) is 0. The van der Waals surface area contributed by atoms with Gasteiger partial charge in [0.1, 0.15) is 11.6 Å². The number of nitrogens with one attached hydrogen (secondary N) is 1. The van der Waals surface area contributed by atoms with Crippen LogP contribution in [0.15, 0.2) is 36.9 Å². The number of rotatable bonds is 6. The molecule has 25 heavy (non-hydrogen) atoms. The monoisotopic (exact) mass is 340 g/mol. The smallest absolute Gasteiger partial charge is 0.236 e. The molecule has 0 saturated carbocycles. The predicted molar refractivity (Wildman–Crippen MR) is 96.2 cm³/mol. The van der Waals surface area contributed by atoms with Crippen molar-refractivity contribution in [3.05, 3.63) is 42.5 Å². The largest absolute Gasteiger partial charge is 0.342 e. The van der Waals surface area contributed by atoms with E-state index in [1.54, 1.807) is 18.6 Å². The van der Waals surface area contributed by atoms with Crippen molar-refractivity contribution in [1.29, 1.82) is 0 Å². The second-order valence-electron chi connectivity index (χ2n) is 6.33. The fourth-order valence-corrected chi connectivity index (χ4v) is 3.16. The average Bonchev–Trinajstić information content (AvgIpc) is 2.67. The van der Waals surface area contributed by atoms with Gasteiger partial charge in [-0.2, -0.15) is 0 Å². The molecule has 1 aliphatic heterocycles. The van der Waals surface area contributed by atoms with Gasteiger partial charge in [-0.3, -0.25) is 9.78 Å². The number of amides is 1. The zero-order chi connectivity index (χ0) is 17.5. The summed E-state index contributed by atoms with van der Waals surface area (Å²) in [6, 6.07) is 4.11. The summed E-state index contributed by atoms with van der Waals surface area (Å²) >= 11 is 0. The molecule has 0 aromatic carbocycles. The van der Waals surface area contributed by atoms with Crippen molar-refractivity contribution in [3.8, 4) is 0 Å². The Hall–Kier alpha value is -2.54. The minimum atomic E-state index is 0.0623. The van der Waals surface area contributed by atoms with E-state index >= 15 is 0 Å². The maximum Gasteiger partial charge on any atom is 0.236 e. The molecule has 0 atom stereocenters. The number of hydrogen-bond donors (Lipinski definition) is 2. The van der Waals surface area contributed by atoms with E-state index in [0.717, 1.165) is 44.6 Å². The van der Waals surface area contributed by atoms with E-state index in [0.29, 0.717) is 11.7 Å². The number of hydrogen-bond acceptors (Lipinski definition) is 6. The Kier molecular flexibility index (Phi) is 5.90. The lowest BCUT2D eigenvalue weighted by atomic mass is 9.90. The summed E-state index contributed by atoms with van der Waals surface area (Å²) in [4.78, 5) is 26.1. The van der Waals surface area contributed by atoms with Crippen LogP contribution in [0.4, 0.5) is 11.6 Å². The number of aromatic nitrogens is 3. The summed E-state index contributed by atoms with van der Waals surface area (Å²) in [5.41, 5.74) is 6.68. The maximum atomic E-state index is 11.6. The van der Waals surface area contributed by atoms with Crippen LogP contribution in [0.25, 0.3) is 0 Å². The summed E-state index contributed by atoms with van der Waals surface area (Å²) in [5.74, 6) is 2.18. The number of pyridine rings is 1. The Morgan fingerprint density at radius 3 is 2.72 bits per heavy atom. The molecule has 2 aromatic rings. The molecule has 3 N–H and O–H groups in total. The molecule has 0 aliphatic carbocycles. The van der Waals surface area contributed by atoms with E-state index in [-0.39, 0.29) is 12.5 Å². The van der Waals surface area contributed by atoms with Gasteiger partial charge in [0.2, 0.25) is 5.91 Å². The highest BCUT2D eigenvalue weighted by Gasteiger charge is 2.21. The van der Waals surface area contributed by atoms with Crippen LogP contribution in [0.5, 0.6) is 0 Å². The average molecular weight is 340 g/mol. The van der Waals surface area contributed by atoms with Crippen molar-refractivity contribution in [1.82, 2.24) is 19.9 Å². The number of nitrogens with zero attached hydrogens (tertiary/aromatic N) is 4. The molecule has 2 aromatic heterocycles. The molecule has 7 heteroatoms. The third-order valence-electron chi connectivity index (χ3n) is 4.63. The van der Waals surface area contributed by atoms with Gasteiger partial charge in [0.15, 0.2) is 0 Å². The van der Waals surface area contributed by atoms with E-state index in [4.69, 9.17) is 5.73 Å². The minimum Gasteiger partial charge on any atom is -0.342 e. The summed E-state index contributed by atoms with van der Waals surface area (Å²) < 4.78 is 0. The third kappa shape index (κ3) is 4.96. The van der Waals surface area contributed by atoms with Crippen molar-refractivity contribution < 1.29 is 4.79 Å². The van der Waals surface area contributed by atoms with E-state index in [1.165, 1.54) is 5.56 Å². The highest BCUT2D eigenvalue weighted by atomic mass is 16.2. The van der Waals surface area contributed by atoms with Gasteiger partial charge in [0.25, 0.3) is 0 Å². The van der Waals surface area contributed by atoms with Gasteiger partial charge in [-0.15, -0.1) is 0 Å². The Labute approximate surface area is 147 Å². The topological polar surface area (TPSA) is 97.0 Å². The number of carbonyl (C=O) groups excluding carboxylic acids is 1. The van der Waals surface area contributed by atoms with E-state index in [2.05, 4.69) is 32.4 Å². The predicted octanol–water partition coefficient (Wildman–Crippen LogP) is 1.75. The fourth-order valence-electron chi connectivity index (χ4n) is 3.16. The van der Waals surface area contributed by atoms with Crippen LogP contribution in [0, 0.1) is 5.92 Å². The maximum absolute atomic E-state index is 11.6. The molecule has 1 aliphatic rings. The molecule has 1 saturated heterocycles. The van der Waals surface area contributed by atoms with Crippen LogP contribution in [0.1, 0.15) is 24.8 Å². The molecule has 0 unspecified atom stereocenters. The standard InChI is InChI=1S/C18H24N6O/c19-12-18(25)24-9-4-14(5-10-24)1-2-15-3-6-21-16(11-15)23-17-13-20-7-8-22-17/h3,6-8,11,13-14H,1-2,4-5,9-10,12,19H2,(H,21,22,23). The number of piperidine rings is 1. The Morgan fingerprint density at radius 2 is 2.00 bits per heavy atom. The molecule has 0 radical (unpaired) electrons. The van der Waals surface area contributed by atoms with Crippen LogP contribution in [-0.4, -0.2) is 45.4 Å². The first-order chi connectivity index (χ1) is 12.2. The van der Waals surface area contributed by atoms with Gasteiger partial charge < -0.3 is 16.0 Å². The SMILES string of the molecule is NCC(=O)N1CCC(CCc2ccnc(Nc3cnccn3)c2)CC1. The zero-order valence-electron chi connectivity index (χ0n) is 14.3. The summed E-state index contributed by atoms with van der Waals surface area (Å²) in [5, 5.41) is 3.17. The summed E-state index contributed by atoms with van der Waals surface area (Å²) in [6.45, 7) is 1.77. The Bertz CT molecular complexity index is 685. The fraction of sp³-hybridized carbons (Fsp3) is 0.444. The molecule has 1 fully saturated rings. The molecule has 0 spiro atoms. The molecule has 132 valence electrons. The van der Waals surface area contributed by atoms with Crippen molar-refractivity contribution in [2.24, 2.45) is 11.7 Å². The van der Waals surface area contributed by atoms with E-state index in [9.17, 15) is 4.79 Å². The van der Waals surface area contributed by atoms with Crippen LogP contribution in [-0.2, 0) is 11.2 Å². The van der Waals surface area contributed by atoms with Crippen LogP contribution < -0.4 is 11.1 Å². The van der Waals surface area contributed by atoms with Gasteiger partial charge in [-0.05, 0) is 49.3 Å². The molecular weight excluding hydrogens is 316 g/mol. The normalized spacial score (nSPS) is 15.2. The molecule has 3 rings (SSSR count). The Balaban J connectivity index is 1.49. The quantitative estimate of drug-likeness (QED) is 0.831. The number of carbonyl (C=O) groups is 1. The minimum absolute atomic E-state index is 0.0623. The van der Waals surface area contributed by atoms with Gasteiger partial charge in [-0.25, -0.2) is 9.97 Å². The molecule has 0 bridgehead atoms. The summed E-state index contributed by atoms with van der Waals surface area (Å²) in [6.07, 6.45) is 11.0. The highest BCUT2D eigenvalue weighted by Crippen LogP contribution is 2.23. The first-order valence-corrected chi connectivity index (χ1v) is 8.70. The number of aryl methyl sites for hydroxylation is 1. The lowest BCUT2D eigenvalue weighted by molar-refractivity contribution is -0.131. The third-order valence-corrected chi connectivity index (χ3v) is 4.63. The number of likely N-dealkylation sites (tertiary alicyclic amines) is 1.